The Kier molecular flexibility index (Phi) is 5.77. The van der Waals surface area contributed by atoms with Crippen molar-refractivity contribution in [2.75, 3.05) is 6.54 Å². The van der Waals surface area contributed by atoms with E-state index in [1.807, 2.05) is 30.3 Å². The van der Waals surface area contributed by atoms with E-state index in [0.29, 0.717) is 11.3 Å². The monoisotopic (exact) mass is 356 g/mol. The minimum Gasteiger partial charge on any atom is -0.445 e. The smallest absolute Gasteiger partial charge is 0.407 e. The number of aliphatic hydroxyl groups excluding tert-OH is 2. The predicted octanol–water partition coefficient (Wildman–Crippen LogP) is 1.44. The average Bonchev–Trinajstić information content (AvgIpc) is 3.10. The average molecular weight is 356 g/mol. The number of carbonyl (C=O) groups excluding carboxylic acids is 1. The summed E-state index contributed by atoms with van der Waals surface area (Å²) in [6.07, 6.45) is 3.69. The number of ether oxygens (including phenoxy) is 1. The number of rotatable bonds is 7. The molecule has 0 aliphatic heterocycles. The Morgan fingerprint density at radius 3 is 2.85 bits per heavy atom. The van der Waals surface area contributed by atoms with Crippen molar-refractivity contribution >= 4 is 11.7 Å². The van der Waals surface area contributed by atoms with Crippen molar-refractivity contribution in [1.82, 2.24) is 19.7 Å². The van der Waals surface area contributed by atoms with Crippen LogP contribution >= 0.6 is 0 Å². The Morgan fingerprint density at radius 2 is 2.04 bits per heavy atom. The lowest BCUT2D eigenvalue weighted by Crippen LogP contribution is -2.30. The fourth-order valence-corrected chi connectivity index (χ4v) is 2.53. The molecule has 2 aromatic heterocycles. The van der Waals surface area contributed by atoms with E-state index in [0.717, 1.165) is 5.56 Å². The summed E-state index contributed by atoms with van der Waals surface area (Å²) in [5, 5.41) is 23.0. The van der Waals surface area contributed by atoms with Gasteiger partial charge < -0.3 is 20.3 Å². The van der Waals surface area contributed by atoms with Gasteiger partial charge in [-0.1, -0.05) is 30.3 Å². The number of alkyl carbamates (subject to hydrolysis) is 1. The Labute approximate surface area is 150 Å². The number of nitrogens with one attached hydrogen (secondary N) is 1. The highest BCUT2D eigenvalue weighted by Crippen LogP contribution is 2.19. The van der Waals surface area contributed by atoms with Crippen LogP contribution in [0.4, 0.5) is 4.79 Å². The molecular weight excluding hydrogens is 336 g/mol. The van der Waals surface area contributed by atoms with Crippen molar-refractivity contribution < 1.29 is 19.7 Å². The van der Waals surface area contributed by atoms with E-state index in [-0.39, 0.29) is 19.6 Å². The van der Waals surface area contributed by atoms with Crippen molar-refractivity contribution in [2.45, 2.75) is 25.2 Å². The first kappa shape index (κ1) is 17.8. The summed E-state index contributed by atoms with van der Waals surface area (Å²) >= 11 is 0. The van der Waals surface area contributed by atoms with E-state index in [1.165, 1.54) is 6.20 Å². The van der Waals surface area contributed by atoms with E-state index in [2.05, 4.69) is 15.3 Å². The van der Waals surface area contributed by atoms with Gasteiger partial charge in [0.15, 0.2) is 5.65 Å². The maximum atomic E-state index is 11.7. The van der Waals surface area contributed by atoms with Crippen LogP contribution in [0.5, 0.6) is 0 Å². The summed E-state index contributed by atoms with van der Waals surface area (Å²) in [6, 6.07) is 9.34. The van der Waals surface area contributed by atoms with E-state index in [9.17, 15) is 15.0 Å². The number of fused-ring (bicyclic) bond motifs is 1. The van der Waals surface area contributed by atoms with Gasteiger partial charge in [-0.2, -0.15) is 0 Å². The standard InChI is InChI=1S/C18H20N4O4/c23-15(17(24)14-10-21-16-11-19-8-9-22(14)16)6-7-20-18(25)26-12-13-4-2-1-3-5-13/h1-5,8-11,15,17,23-24H,6-7,12H2,(H,20,25). The number of imidazole rings is 1. The number of benzene rings is 1. The lowest BCUT2D eigenvalue weighted by Gasteiger charge is -2.17. The summed E-state index contributed by atoms with van der Waals surface area (Å²) in [5.74, 6) is 0. The molecule has 8 nitrogen and oxygen atoms in total. The zero-order chi connectivity index (χ0) is 18.4. The SMILES string of the molecule is O=C(NCCC(O)C(O)c1cnc2cnccn12)OCc1ccccc1. The first-order valence-electron chi connectivity index (χ1n) is 8.23. The lowest BCUT2D eigenvalue weighted by atomic mass is 10.1. The van der Waals surface area contributed by atoms with Crippen LogP contribution in [-0.4, -0.2) is 43.3 Å². The molecular formula is C18H20N4O4. The summed E-state index contributed by atoms with van der Waals surface area (Å²) < 4.78 is 6.74. The Balaban J connectivity index is 1.44. The molecule has 1 amide bonds. The first-order valence-corrected chi connectivity index (χ1v) is 8.23. The van der Waals surface area contributed by atoms with E-state index < -0.39 is 18.3 Å². The van der Waals surface area contributed by atoms with Gasteiger partial charge in [0.25, 0.3) is 0 Å². The minimum absolute atomic E-state index is 0.167. The molecule has 26 heavy (non-hydrogen) atoms. The second-order valence-corrected chi connectivity index (χ2v) is 5.78. The number of hydrogen-bond acceptors (Lipinski definition) is 6. The number of carbonyl (C=O) groups is 1. The van der Waals surface area contributed by atoms with Gasteiger partial charge in [-0.15, -0.1) is 0 Å². The van der Waals surface area contributed by atoms with Gasteiger partial charge in [-0.25, -0.2) is 9.78 Å². The number of nitrogens with zero attached hydrogens (tertiary/aromatic N) is 3. The maximum Gasteiger partial charge on any atom is 0.407 e. The van der Waals surface area contributed by atoms with E-state index >= 15 is 0 Å². The third-order valence-corrected chi connectivity index (χ3v) is 3.94. The number of aromatic nitrogens is 3. The van der Waals surface area contributed by atoms with Gasteiger partial charge in [-0.05, 0) is 12.0 Å². The van der Waals surface area contributed by atoms with Gasteiger partial charge in [0.2, 0.25) is 0 Å². The Bertz CT molecular complexity index is 853. The van der Waals surface area contributed by atoms with Crippen LogP contribution in [0.2, 0.25) is 0 Å². The lowest BCUT2D eigenvalue weighted by molar-refractivity contribution is 0.0107. The molecule has 2 heterocycles. The number of amides is 1. The zero-order valence-electron chi connectivity index (χ0n) is 14.0. The van der Waals surface area contributed by atoms with Crippen molar-refractivity contribution in [3.63, 3.8) is 0 Å². The quantitative estimate of drug-likeness (QED) is 0.591. The van der Waals surface area contributed by atoms with Gasteiger partial charge in [-0.3, -0.25) is 9.38 Å². The van der Waals surface area contributed by atoms with Crippen LogP contribution in [0.1, 0.15) is 23.8 Å². The first-order chi connectivity index (χ1) is 12.6. The minimum atomic E-state index is -1.13. The topological polar surface area (TPSA) is 109 Å². The number of hydrogen-bond donors (Lipinski definition) is 3. The van der Waals surface area contributed by atoms with Gasteiger partial charge in [0, 0.05) is 18.9 Å². The summed E-state index contributed by atoms with van der Waals surface area (Å²) in [6.45, 7) is 0.345. The molecule has 0 aliphatic carbocycles. The third kappa shape index (κ3) is 4.35. The predicted molar refractivity (Wildman–Crippen MR) is 93.2 cm³/mol. The van der Waals surface area contributed by atoms with E-state index in [1.54, 1.807) is 23.0 Å². The highest BCUT2D eigenvalue weighted by molar-refractivity contribution is 5.67. The molecule has 2 atom stereocenters. The van der Waals surface area contributed by atoms with Crippen LogP contribution < -0.4 is 5.32 Å². The van der Waals surface area contributed by atoms with Crippen molar-refractivity contribution in [3.8, 4) is 0 Å². The summed E-state index contributed by atoms with van der Waals surface area (Å²) in [5.41, 5.74) is 1.93. The molecule has 3 aromatic rings. The Morgan fingerprint density at radius 1 is 1.23 bits per heavy atom. The normalized spacial score (nSPS) is 13.3. The van der Waals surface area contributed by atoms with Crippen LogP contribution in [0, 0.1) is 0 Å². The molecule has 3 N–H and O–H groups in total. The molecule has 0 saturated carbocycles. The molecule has 3 rings (SSSR count). The Hall–Kier alpha value is -2.97. The molecule has 8 heteroatoms. The maximum absolute atomic E-state index is 11.7. The molecule has 2 unspecified atom stereocenters. The fraction of sp³-hybridized carbons (Fsp3) is 0.278. The fourth-order valence-electron chi connectivity index (χ4n) is 2.53. The molecule has 0 fully saturated rings. The highest BCUT2D eigenvalue weighted by Gasteiger charge is 2.21. The largest absolute Gasteiger partial charge is 0.445 e. The zero-order valence-corrected chi connectivity index (χ0v) is 14.0. The second kappa shape index (κ2) is 8.41. The van der Waals surface area contributed by atoms with Crippen LogP contribution in [-0.2, 0) is 11.3 Å². The molecule has 0 saturated heterocycles. The summed E-state index contributed by atoms with van der Waals surface area (Å²) in [7, 11) is 0. The van der Waals surface area contributed by atoms with Crippen molar-refractivity contribution in [1.29, 1.82) is 0 Å². The molecule has 0 bridgehead atoms. The third-order valence-electron chi connectivity index (χ3n) is 3.94. The molecule has 1 aromatic carbocycles. The van der Waals surface area contributed by atoms with Crippen LogP contribution in [0.25, 0.3) is 5.65 Å². The van der Waals surface area contributed by atoms with Gasteiger partial charge in [0.1, 0.15) is 12.7 Å². The van der Waals surface area contributed by atoms with Crippen molar-refractivity contribution in [2.24, 2.45) is 0 Å². The molecule has 136 valence electrons. The molecule has 0 spiro atoms. The van der Waals surface area contributed by atoms with E-state index in [4.69, 9.17) is 4.74 Å². The van der Waals surface area contributed by atoms with Crippen LogP contribution in [0.15, 0.2) is 55.1 Å². The van der Waals surface area contributed by atoms with Crippen LogP contribution in [0.3, 0.4) is 0 Å². The second-order valence-electron chi connectivity index (χ2n) is 5.78. The van der Waals surface area contributed by atoms with Crippen molar-refractivity contribution in [3.05, 3.63) is 66.4 Å². The van der Waals surface area contributed by atoms with Gasteiger partial charge in [0.05, 0.1) is 24.2 Å². The summed E-state index contributed by atoms with van der Waals surface area (Å²) in [4.78, 5) is 19.7. The highest BCUT2D eigenvalue weighted by atomic mass is 16.5. The van der Waals surface area contributed by atoms with Gasteiger partial charge >= 0.3 is 6.09 Å². The molecule has 0 aliphatic rings. The number of aliphatic hydroxyl groups is 2. The molecule has 0 radical (unpaired) electrons.